The maximum atomic E-state index is 13.4. The minimum absolute atomic E-state index is 0.340. The van der Waals surface area contributed by atoms with Gasteiger partial charge in [0.1, 0.15) is 60.1 Å². The second-order valence-electron chi connectivity index (χ2n) is 36.0. The van der Waals surface area contributed by atoms with E-state index in [4.69, 9.17) is 42.4 Å². The van der Waals surface area contributed by atoms with Crippen molar-refractivity contribution in [2.75, 3.05) is 247 Å². The summed E-state index contributed by atoms with van der Waals surface area (Å²) in [7, 11) is 3.55. The Morgan fingerprint density at radius 1 is 0.414 bits per heavy atom. The average Bonchev–Trinajstić information content (AvgIpc) is 1.70. The summed E-state index contributed by atoms with van der Waals surface area (Å²) >= 11 is 18.1. The molecular weight excluding hydrogens is 1860 g/mol. The minimum atomic E-state index is -2.73. The van der Waals surface area contributed by atoms with Gasteiger partial charge in [-0.05, 0) is 194 Å². The molecule has 0 aliphatic carbocycles. The first-order chi connectivity index (χ1) is 64.0. The van der Waals surface area contributed by atoms with Crippen molar-refractivity contribution in [1.29, 1.82) is 0 Å². The summed E-state index contributed by atoms with van der Waals surface area (Å²) in [5.41, 5.74) is 13.6. The standard InChI is InChI=1S/C33H43BrN9O2P.C32H40ClN8O2P.C30H38ClN8O2PS/c1-6-22-19-27(29(45-3)20-28(22)43-13-9-23(10-14-43)42-17-15-41(2)16-18-42)39-33-37-21-24(34)32(40-33)38-26-8-7-25-30(36-12-11-35-25)31(26)46(4,5)44;1-39-16-18-41(19-17-39)23-11-14-40(15-12-23)24-8-10-26(28(20-24)43-2)37-32-35-21-25(33)31(38-32)36-27-9-7-22-6-5-13-34-29(22)30(27)44(3,4)42;1-37-13-15-39(16-14-37)20-9-11-38(12-10-20)21-5-6-23(25(17-21)41-2)35-30-32-18-22(31)29(36-30)34-24-7-8-26-27(33-19-43-26)28(24)42(3,4)40/h7-8,11-12,19-21,23H,6,9-10,13-18H2,1-5H3,(H2,37,38,39,40);5-10,13,20-21,23H,11-12,14-19H2,1-4H3,(H2,35,36,37,38);5-8,17-20H,9-16H2,1-4H3,(H2,32,34,35,36). The van der Waals surface area contributed by atoms with Crippen LogP contribution in [0.3, 0.4) is 0 Å². The SMILES string of the molecule is CCc1cc(Nc2ncc(Br)c(Nc3ccc4nccnc4c3P(C)(C)=O)n2)c(OC)cc1N1CCC(N2CCN(C)CC2)CC1.COc1cc(N2CCC(N3CCN(C)CC3)CC2)ccc1Nc1ncc(Cl)c(Nc2ccc3cccnc3c2P(C)(C)=O)n1.COc1cc(N2CCC(N3CCN(C)CC3)CC2)ccc1Nc1ncc(Cl)c(Nc2ccc3scnc3c2P(C)(C)=O)n1. The molecule has 6 aromatic carbocycles. The highest BCUT2D eigenvalue weighted by molar-refractivity contribution is 9.10. The largest absolute Gasteiger partial charge is 0.494 e. The number of aromatic nitrogens is 10. The molecule has 133 heavy (non-hydrogen) atoms. The van der Waals surface area contributed by atoms with Crippen LogP contribution in [0, 0.1) is 0 Å². The first kappa shape index (κ1) is 96.4. The van der Waals surface area contributed by atoms with Gasteiger partial charge in [-0.15, -0.1) is 11.3 Å². The van der Waals surface area contributed by atoms with Gasteiger partial charge in [-0.1, -0.05) is 42.3 Å². The average molecular weight is 1980 g/mol. The van der Waals surface area contributed by atoms with Gasteiger partial charge in [0.05, 0.1) is 115 Å². The van der Waals surface area contributed by atoms with E-state index in [1.54, 1.807) is 104 Å². The third-order valence-corrected chi connectivity index (χ3v) is 32.5. The number of hydrogen-bond donors (Lipinski definition) is 6. The van der Waals surface area contributed by atoms with Gasteiger partial charge in [-0.25, -0.2) is 19.9 Å². The fourth-order valence-electron chi connectivity index (χ4n) is 18.7. The number of likely N-dealkylation sites (N-methyl/N-ethyl adjacent to an activating group) is 3. The van der Waals surface area contributed by atoms with Crippen molar-refractivity contribution in [3.8, 4) is 17.2 Å². The maximum Gasteiger partial charge on any atom is 0.229 e. The van der Waals surface area contributed by atoms with Crippen molar-refractivity contribution in [1.82, 2.24) is 79.2 Å². The van der Waals surface area contributed by atoms with Crippen LogP contribution in [0.1, 0.15) is 51.0 Å². The number of anilines is 15. The van der Waals surface area contributed by atoms with E-state index in [0.717, 1.165) is 148 Å². The van der Waals surface area contributed by atoms with Gasteiger partial charge in [-0.2, -0.15) is 15.0 Å². The third kappa shape index (κ3) is 23.2. The fraction of sp³-hybridized carbons (Fsp3) is 0.432. The van der Waals surface area contributed by atoms with Gasteiger partial charge in [-0.3, -0.25) is 29.7 Å². The zero-order valence-electron chi connectivity index (χ0n) is 78.0. The lowest BCUT2D eigenvalue weighted by molar-refractivity contribution is 0.0982. The quantitative estimate of drug-likeness (QED) is 0.0290. The number of nitrogens with zero attached hydrogens (tertiary/aromatic N) is 19. The molecule has 0 amide bonds. The van der Waals surface area contributed by atoms with E-state index in [1.807, 2.05) is 60.7 Å². The number of thiazole rings is 1. The summed E-state index contributed by atoms with van der Waals surface area (Å²) in [5.74, 6) is 4.61. The molecule has 6 aliphatic rings. The third-order valence-electron chi connectivity index (χ3n) is 26.0. The molecular formula is C95H121BrCl2N25O6P3S. The number of aryl methyl sites for hydroxylation is 1. The molecule has 6 aliphatic heterocycles. The molecule has 6 aromatic heterocycles. The first-order valence-corrected chi connectivity index (χ1v) is 55.7. The molecule has 18 rings (SSSR count). The molecule has 38 heteroatoms. The summed E-state index contributed by atoms with van der Waals surface area (Å²) in [5, 5.41) is 23.5. The Labute approximate surface area is 802 Å². The molecule has 0 saturated carbocycles. The van der Waals surface area contributed by atoms with Crippen molar-refractivity contribution in [2.24, 2.45) is 0 Å². The van der Waals surface area contributed by atoms with E-state index in [1.165, 1.54) is 87.3 Å². The summed E-state index contributed by atoms with van der Waals surface area (Å²) in [6, 6.07) is 33.9. The number of hydrogen-bond acceptors (Lipinski definition) is 32. The summed E-state index contributed by atoms with van der Waals surface area (Å²) in [4.78, 5) is 68.0. The monoisotopic (exact) mass is 1980 g/mol. The molecule has 0 unspecified atom stereocenters. The number of methoxy groups -OCH3 is 3. The molecule has 12 aromatic rings. The van der Waals surface area contributed by atoms with E-state index in [-0.39, 0.29) is 0 Å². The normalized spacial score (nSPS) is 17.2. The lowest BCUT2D eigenvalue weighted by Gasteiger charge is -2.43. The second kappa shape index (κ2) is 42.7. The van der Waals surface area contributed by atoms with Crippen LogP contribution in [0.15, 0.2) is 144 Å². The van der Waals surface area contributed by atoms with Crippen LogP contribution in [0.2, 0.25) is 10.0 Å². The fourth-order valence-corrected chi connectivity index (χ4v) is 24.3. The summed E-state index contributed by atoms with van der Waals surface area (Å²) < 4.78 is 59.2. The number of benzene rings is 6. The van der Waals surface area contributed by atoms with E-state index in [9.17, 15) is 13.7 Å². The van der Waals surface area contributed by atoms with Crippen LogP contribution in [-0.4, -0.2) is 298 Å². The number of nitrogens with one attached hydrogen (secondary N) is 6. The van der Waals surface area contributed by atoms with Crippen LogP contribution in [0.5, 0.6) is 17.2 Å². The van der Waals surface area contributed by atoms with Gasteiger partial charge in [0.2, 0.25) is 17.8 Å². The predicted octanol–water partition coefficient (Wildman–Crippen LogP) is 17.0. The summed E-state index contributed by atoms with van der Waals surface area (Å²) in [6.45, 7) is 32.7. The van der Waals surface area contributed by atoms with Crippen molar-refractivity contribution in [3.63, 3.8) is 0 Å². The Balaban J connectivity index is 0.000000145. The Hall–Kier alpha value is -9.69. The molecule has 12 heterocycles. The number of halogens is 3. The van der Waals surface area contributed by atoms with Gasteiger partial charge in [0.15, 0.2) is 11.6 Å². The molecule has 0 radical (unpaired) electrons. The topological polar surface area (TPSA) is 309 Å². The predicted molar refractivity (Wildman–Crippen MR) is 553 cm³/mol. The number of pyridine rings is 1. The smallest absolute Gasteiger partial charge is 0.229 e. The van der Waals surface area contributed by atoms with Crippen molar-refractivity contribution in [2.45, 2.75) is 70.0 Å². The van der Waals surface area contributed by atoms with Gasteiger partial charge < -0.3 is 89.2 Å². The van der Waals surface area contributed by atoms with Crippen LogP contribution >= 0.6 is 71.9 Å². The second-order valence-corrected chi connectivity index (χ2v) is 48.0. The molecule has 0 atom stereocenters. The maximum absolute atomic E-state index is 13.4. The van der Waals surface area contributed by atoms with Gasteiger partial charge >= 0.3 is 0 Å². The molecule has 0 spiro atoms. The molecule has 31 nitrogen and oxygen atoms in total. The number of ether oxygens (including phenoxy) is 3. The van der Waals surface area contributed by atoms with E-state index in [0.29, 0.717) is 129 Å². The number of piperazine rings is 3. The highest BCUT2D eigenvalue weighted by Gasteiger charge is 2.34. The number of piperidine rings is 3. The lowest BCUT2D eigenvalue weighted by atomic mass is 9.99. The molecule has 6 fully saturated rings. The van der Waals surface area contributed by atoms with Crippen LogP contribution < -0.4 is 76.7 Å². The Kier molecular flexibility index (Phi) is 31.0. The highest BCUT2D eigenvalue weighted by Crippen LogP contribution is 2.47. The van der Waals surface area contributed by atoms with Crippen molar-refractivity contribution in [3.05, 3.63) is 160 Å². The zero-order chi connectivity index (χ0) is 93.4. The lowest BCUT2D eigenvalue weighted by Crippen LogP contribution is -2.52. The van der Waals surface area contributed by atoms with Crippen molar-refractivity contribution >= 4 is 206 Å². The molecule has 0 bridgehead atoms. The van der Waals surface area contributed by atoms with Gasteiger partial charge in [0, 0.05) is 201 Å². The Morgan fingerprint density at radius 2 is 0.820 bits per heavy atom. The number of rotatable bonds is 25. The van der Waals surface area contributed by atoms with Gasteiger partial charge in [0.25, 0.3) is 0 Å². The Bertz CT molecular complexity index is 6270. The van der Waals surface area contributed by atoms with E-state index < -0.39 is 21.4 Å². The van der Waals surface area contributed by atoms with Crippen LogP contribution in [-0.2, 0) is 20.1 Å². The first-order valence-electron chi connectivity index (χ1n) is 45.5. The highest BCUT2D eigenvalue weighted by atomic mass is 79.9. The van der Waals surface area contributed by atoms with Crippen LogP contribution in [0.4, 0.5) is 86.5 Å². The zero-order valence-corrected chi connectivity index (χ0v) is 84.6. The van der Waals surface area contributed by atoms with E-state index >= 15 is 0 Å². The Morgan fingerprint density at radius 3 is 1.30 bits per heavy atom. The summed E-state index contributed by atoms with van der Waals surface area (Å²) in [6.07, 6.45) is 17.7. The van der Waals surface area contributed by atoms with Crippen molar-refractivity contribution < 1.29 is 27.9 Å². The number of fused-ring (bicyclic) bond motifs is 3. The molecule has 6 saturated heterocycles. The minimum Gasteiger partial charge on any atom is -0.494 e. The van der Waals surface area contributed by atoms with E-state index in [2.05, 4.69) is 201 Å². The van der Waals surface area contributed by atoms with Crippen LogP contribution in [0.25, 0.3) is 32.2 Å². The molecule has 704 valence electrons. The molecule has 6 N–H and O–H groups in total.